The summed E-state index contributed by atoms with van der Waals surface area (Å²) in [7, 11) is 0. The third kappa shape index (κ3) is 4.10. The summed E-state index contributed by atoms with van der Waals surface area (Å²) < 4.78 is 25.2. The lowest BCUT2D eigenvalue weighted by atomic mass is 9.48. The molecule has 0 spiro atoms. The molecule has 0 radical (unpaired) electrons. The van der Waals surface area contributed by atoms with Gasteiger partial charge in [-0.15, -0.1) is 0 Å². The van der Waals surface area contributed by atoms with E-state index in [0.29, 0.717) is 28.7 Å². The lowest BCUT2D eigenvalue weighted by Gasteiger charge is -2.58. The Morgan fingerprint density at radius 3 is 2.23 bits per heavy atom. The predicted molar refractivity (Wildman–Crippen MR) is 115 cm³/mol. The van der Waals surface area contributed by atoms with Crippen LogP contribution in [0.1, 0.15) is 38.5 Å². The summed E-state index contributed by atoms with van der Waals surface area (Å²) in [6, 6.07) is 7.26. The molecule has 1 atom stereocenters. The van der Waals surface area contributed by atoms with Gasteiger partial charge in [-0.1, -0.05) is 11.8 Å². The Bertz CT molecular complexity index is 949. The maximum Gasteiger partial charge on any atom is 0.259 e. The summed E-state index contributed by atoms with van der Waals surface area (Å²) in [5, 5.41) is 0.461. The van der Waals surface area contributed by atoms with Crippen LogP contribution in [0.15, 0.2) is 35.5 Å². The van der Waals surface area contributed by atoms with E-state index in [1.807, 2.05) is 6.26 Å². The van der Waals surface area contributed by atoms with Crippen LogP contribution in [0.4, 0.5) is 4.39 Å². The lowest BCUT2D eigenvalue weighted by molar-refractivity contribution is -0.148. The molecule has 0 aliphatic heterocycles. The van der Waals surface area contributed by atoms with E-state index in [4.69, 9.17) is 15.2 Å². The number of amides is 1. The average molecular weight is 444 g/mol. The average Bonchev–Trinajstić information content (AvgIpc) is 2.72. The van der Waals surface area contributed by atoms with Crippen LogP contribution in [0.25, 0.3) is 0 Å². The third-order valence-corrected chi connectivity index (χ3v) is 7.56. The monoisotopic (exact) mass is 443 g/mol. The standard InChI is InChI=1S/C23H26FN3O3S/c1-31-22-26-18(29-17-4-2-16(24)3-5-17)9-19(27-22)30-20(21(25)28)23-10-13-6-14(11-23)8-15(7-13)12-23/h2-5,9,13-15,20H,6-8,10-12H2,1H3,(H2,25,28). The summed E-state index contributed by atoms with van der Waals surface area (Å²) in [6.07, 6.45) is 7.92. The molecule has 1 unspecified atom stereocenters. The summed E-state index contributed by atoms with van der Waals surface area (Å²) in [5.41, 5.74) is 5.67. The highest BCUT2D eigenvalue weighted by Gasteiger charge is 2.56. The van der Waals surface area contributed by atoms with E-state index in [9.17, 15) is 9.18 Å². The second-order valence-electron chi connectivity index (χ2n) is 9.27. The van der Waals surface area contributed by atoms with Crippen molar-refractivity contribution in [3.8, 4) is 17.5 Å². The molecule has 4 aliphatic rings. The molecular weight excluding hydrogens is 417 g/mol. The molecule has 1 amide bonds. The van der Waals surface area contributed by atoms with E-state index in [-0.39, 0.29) is 23.0 Å². The van der Waals surface area contributed by atoms with Gasteiger partial charge >= 0.3 is 0 Å². The van der Waals surface area contributed by atoms with Crippen molar-refractivity contribution >= 4 is 17.7 Å². The first-order valence-electron chi connectivity index (χ1n) is 10.7. The smallest absolute Gasteiger partial charge is 0.259 e. The van der Waals surface area contributed by atoms with Crippen molar-refractivity contribution in [3.05, 3.63) is 36.1 Å². The van der Waals surface area contributed by atoms with Gasteiger partial charge in [-0.2, -0.15) is 9.97 Å². The van der Waals surface area contributed by atoms with Gasteiger partial charge in [-0.25, -0.2) is 4.39 Å². The minimum Gasteiger partial charge on any atom is -0.463 e. The number of primary amides is 1. The third-order valence-electron chi connectivity index (χ3n) is 7.02. The first-order valence-corrected chi connectivity index (χ1v) is 12.0. The molecule has 1 aromatic carbocycles. The number of nitrogens with zero attached hydrogens (tertiary/aromatic N) is 2. The fraction of sp³-hybridized carbons (Fsp3) is 0.522. The molecule has 8 heteroatoms. The van der Waals surface area contributed by atoms with Gasteiger partial charge in [0.05, 0.1) is 6.07 Å². The van der Waals surface area contributed by atoms with Crippen LogP contribution in [0.5, 0.6) is 17.5 Å². The fourth-order valence-electron chi connectivity index (χ4n) is 6.32. The number of halogens is 1. The predicted octanol–water partition coefficient (Wildman–Crippen LogP) is 4.58. The molecule has 0 saturated heterocycles. The van der Waals surface area contributed by atoms with Gasteiger partial charge in [-0.3, -0.25) is 4.79 Å². The van der Waals surface area contributed by atoms with E-state index >= 15 is 0 Å². The molecule has 164 valence electrons. The van der Waals surface area contributed by atoms with Crippen LogP contribution in [-0.2, 0) is 4.79 Å². The first kappa shape index (κ1) is 20.5. The number of hydrogen-bond donors (Lipinski definition) is 1. The Hall–Kier alpha value is -2.35. The van der Waals surface area contributed by atoms with Crippen molar-refractivity contribution in [2.24, 2.45) is 28.9 Å². The number of carbonyl (C=O) groups is 1. The number of benzene rings is 1. The Labute approximate surface area is 185 Å². The van der Waals surface area contributed by atoms with Crippen molar-refractivity contribution in [1.29, 1.82) is 0 Å². The normalized spacial score (nSPS) is 29.5. The number of rotatable bonds is 7. The molecule has 4 saturated carbocycles. The van der Waals surface area contributed by atoms with Crippen LogP contribution in [0.2, 0.25) is 0 Å². The van der Waals surface area contributed by atoms with Gasteiger partial charge in [0, 0.05) is 5.41 Å². The summed E-state index contributed by atoms with van der Waals surface area (Å²) in [5.74, 6) is 2.22. The van der Waals surface area contributed by atoms with Crippen molar-refractivity contribution in [2.75, 3.05) is 6.26 Å². The maximum absolute atomic E-state index is 13.2. The van der Waals surface area contributed by atoms with Gasteiger partial charge in [0.1, 0.15) is 11.6 Å². The van der Waals surface area contributed by atoms with Gasteiger partial charge in [0.2, 0.25) is 11.8 Å². The highest BCUT2D eigenvalue weighted by atomic mass is 32.2. The van der Waals surface area contributed by atoms with Crippen LogP contribution in [-0.4, -0.2) is 28.2 Å². The van der Waals surface area contributed by atoms with E-state index in [1.165, 1.54) is 55.3 Å². The number of ether oxygens (including phenoxy) is 2. The van der Waals surface area contributed by atoms with Crippen LogP contribution < -0.4 is 15.2 Å². The SMILES string of the molecule is CSc1nc(Oc2ccc(F)cc2)cc(OC(C(N)=O)C23CC4CC(CC(C4)C2)C3)n1. The van der Waals surface area contributed by atoms with E-state index in [2.05, 4.69) is 9.97 Å². The van der Waals surface area contributed by atoms with Gasteiger partial charge < -0.3 is 15.2 Å². The Morgan fingerprint density at radius 1 is 1.10 bits per heavy atom. The van der Waals surface area contributed by atoms with E-state index < -0.39 is 12.0 Å². The fourth-order valence-corrected chi connectivity index (χ4v) is 6.68. The summed E-state index contributed by atoms with van der Waals surface area (Å²) in [6.45, 7) is 0. The number of thioether (sulfide) groups is 1. The van der Waals surface area contributed by atoms with Crippen molar-refractivity contribution in [3.63, 3.8) is 0 Å². The number of hydrogen-bond acceptors (Lipinski definition) is 6. The topological polar surface area (TPSA) is 87.3 Å². The van der Waals surface area contributed by atoms with Crippen molar-refractivity contribution < 1.29 is 18.7 Å². The minimum absolute atomic E-state index is 0.205. The van der Waals surface area contributed by atoms with E-state index in [0.717, 1.165) is 19.3 Å². The van der Waals surface area contributed by atoms with Crippen LogP contribution >= 0.6 is 11.8 Å². The second kappa shape index (κ2) is 7.97. The molecule has 6 nitrogen and oxygen atoms in total. The highest BCUT2D eigenvalue weighted by Crippen LogP contribution is 2.61. The van der Waals surface area contributed by atoms with Crippen LogP contribution in [0, 0.1) is 29.0 Å². The second-order valence-corrected chi connectivity index (χ2v) is 10.0. The lowest BCUT2D eigenvalue weighted by Crippen LogP contribution is -2.57. The number of carbonyl (C=O) groups excluding carboxylic acids is 1. The molecule has 2 aromatic rings. The molecule has 6 rings (SSSR count). The molecule has 31 heavy (non-hydrogen) atoms. The zero-order valence-corrected chi connectivity index (χ0v) is 18.2. The zero-order chi connectivity index (χ0) is 21.6. The Kier molecular flexibility index (Phi) is 5.28. The quantitative estimate of drug-likeness (QED) is 0.498. The number of aromatic nitrogens is 2. The highest BCUT2D eigenvalue weighted by molar-refractivity contribution is 7.98. The maximum atomic E-state index is 13.2. The van der Waals surface area contributed by atoms with Gasteiger partial charge in [-0.05, 0) is 86.8 Å². The molecule has 1 aromatic heterocycles. The first-order chi connectivity index (χ1) is 14.9. The Balaban J connectivity index is 1.42. The van der Waals surface area contributed by atoms with E-state index in [1.54, 1.807) is 6.07 Å². The van der Waals surface area contributed by atoms with Crippen molar-refractivity contribution in [1.82, 2.24) is 9.97 Å². The molecule has 2 N–H and O–H groups in total. The summed E-state index contributed by atoms with van der Waals surface area (Å²) >= 11 is 1.35. The van der Waals surface area contributed by atoms with Crippen molar-refractivity contribution in [2.45, 2.75) is 49.8 Å². The zero-order valence-electron chi connectivity index (χ0n) is 17.4. The number of nitrogens with two attached hydrogens (primary N) is 1. The minimum atomic E-state index is -0.718. The van der Waals surface area contributed by atoms with Crippen LogP contribution in [0.3, 0.4) is 0 Å². The molecular formula is C23H26FN3O3S. The van der Waals surface area contributed by atoms with Gasteiger partial charge in [0.25, 0.3) is 5.91 Å². The summed E-state index contributed by atoms with van der Waals surface area (Å²) in [4.78, 5) is 21.4. The molecule has 4 fully saturated rings. The molecule has 1 heterocycles. The Morgan fingerprint density at radius 2 is 1.68 bits per heavy atom. The molecule has 4 aliphatic carbocycles. The molecule has 4 bridgehead atoms. The van der Waals surface area contributed by atoms with Gasteiger partial charge in [0.15, 0.2) is 11.3 Å². The largest absolute Gasteiger partial charge is 0.463 e.